The number of halogens is 1. The van der Waals surface area contributed by atoms with E-state index in [0.717, 1.165) is 12.0 Å². The molecule has 0 unspecified atom stereocenters. The van der Waals surface area contributed by atoms with Gasteiger partial charge in [-0.05, 0) is 34.5 Å². The molecule has 16 heavy (non-hydrogen) atoms. The van der Waals surface area contributed by atoms with Gasteiger partial charge in [-0.25, -0.2) is 0 Å². The van der Waals surface area contributed by atoms with Crippen molar-refractivity contribution in [2.75, 3.05) is 13.2 Å². The van der Waals surface area contributed by atoms with Crippen LogP contribution in [0.5, 0.6) is 0 Å². The van der Waals surface area contributed by atoms with Crippen molar-refractivity contribution < 1.29 is 9.66 Å². The molecule has 0 aromatic heterocycles. The molecule has 0 radical (unpaired) electrons. The van der Waals surface area contributed by atoms with Crippen LogP contribution in [0.25, 0.3) is 0 Å². The van der Waals surface area contributed by atoms with E-state index in [2.05, 4.69) is 15.9 Å². The number of benzene rings is 1. The number of nitrogens with zero attached hydrogens (tertiary/aromatic N) is 1. The molecule has 88 valence electrons. The molecule has 0 aliphatic carbocycles. The zero-order valence-electron chi connectivity index (χ0n) is 8.69. The molecule has 5 nitrogen and oxygen atoms in total. The Labute approximate surface area is 102 Å². The Morgan fingerprint density at radius 3 is 2.88 bits per heavy atom. The lowest BCUT2D eigenvalue weighted by Crippen LogP contribution is -2.04. The van der Waals surface area contributed by atoms with Gasteiger partial charge in [-0.3, -0.25) is 10.1 Å². The van der Waals surface area contributed by atoms with Crippen LogP contribution in [0.3, 0.4) is 0 Å². The predicted octanol–water partition coefficient (Wildman–Crippen LogP) is 2.22. The second-order valence-electron chi connectivity index (χ2n) is 3.20. The fourth-order valence-corrected chi connectivity index (χ4v) is 1.71. The number of rotatable bonds is 6. The summed E-state index contributed by atoms with van der Waals surface area (Å²) < 4.78 is 5.82. The third-order valence-corrected chi connectivity index (χ3v) is 2.92. The van der Waals surface area contributed by atoms with Crippen molar-refractivity contribution in [3.63, 3.8) is 0 Å². The van der Waals surface area contributed by atoms with Gasteiger partial charge in [-0.2, -0.15) is 0 Å². The van der Waals surface area contributed by atoms with Gasteiger partial charge in [0, 0.05) is 12.7 Å². The van der Waals surface area contributed by atoms with Crippen LogP contribution in [0.2, 0.25) is 0 Å². The summed E-state index contributed by atoms with van der Waals surface area (Å²) >= 11 is 3.20. The van der Waals surface area contributed by atoms with Crippen LogP contribution in [0.4, 0.5) is 5.69 Å². The Morgan fingerprint density at radius 2 is 2.25 bits per heavy atom. The van der Waals surface area contributed by atoms with E-state index in [4.69, 9.17) is 10.5 Å². The van der Waals surface area contributed by atoms with E-state index < -0.39 is 4.92 Å². The van der Waals surface area contributed by atoms with E-state index in [0.29, 0.717) is 24.2 Å². The van der Waals surface area contributed by atoms with Crippen molar-refractivity contribution in [2.24, 2.45) is 5.73 Å². The van der Waals surface area contributed by atoms with Gasteiger partial charge in [0.25, 0.3) is 5.69 Å². The Kier molecular flexibility index (Phi) is 5.37. The highest BCUT2D eigenvalue weighted by molar-refractivity contribution is 9.10. The summed E-state index contributed by atoms with van der Waals surface area (Å²) in [6, 6.07) is 4.89. The normalized spacial score (nSPS) is 10.4. The summed E-state index contributed by atoms with van der Waals surface area (Å²) in [7, 11) is 0. The highest BCUT2D eigenvalue weighted by Gasteiger charge is 2.14. The summed E-state index contributed by atoms with van der Waals surface area (Å²) in [4.78, 5) is 10.2. The summed E-state index contributed by atoms with van der Waals surface area (Å²) in [5.74, 6) is 0. The number of nitro groups is 1. The second kappa shape index (κ2) is 6.57. The third kappa shape index (κ3) is 3.55. The van der Waals surface area contributed by atoms with Gasteiger partial charge >= 0.3 is 0 Å². The van der Waals surface area contributed by atoms with E-state index in [1.807, 2.05) is 0 Å². The van der Waals surface area contributed by atoms with E-state index in [9.17, 15) is 10.1 Å². The lowest BCUT2D eigenvalue weighted by Gasteiger charge is -2.05. The van der Waals surface area contributed by atoms with Crippen LogP contribution >= 0.6 is 15.9 Å². The molecule has 0 aliphatic heterocycles. The number of ether oxygens (including phenoxy) is 1. The Morgan fingerprint density at radius 1 is 1.50 bits per heavy atom. The van der Waals surface area contributed by atoms with Gasteiger partial charge in [0.05, 0.1) is 11.5 Å². The fraction of sp³-hybridized carbons (Fsp3) is 0.400. The molecule has 0 amide bonds. The minimum atomic E-state index is -0.423. The number of nitrogens with two attached hydrogens (primary N) is 1. The van der Waals surface area contributed by atoms with Crippen LogP contribution in [0.1, 0.15) is 12.0 Å². The van der Waals surface area contributed by atoms with E-state index in [-0.39, 0.29) is 5.69 Å². The first-order chi connectivity index (χ1) is 7.66. The average molecular weight is 289 g/mol. The van der Waals surface area contributed by atoms with Crippen LogP contribution in [-0.4, -0.2) is 18.1 Å². The molecule has 6 heteroatoms. The first-order valence-electron chi connectivity index (χ1n) is 4.86. The standard InChI is InChI=1S/C10H13BrN2O3/c11-10-8(7-16-6-2-5-12)3-1-4-9(10)13(14)15/h1,3-4H,2,5-7,12H2. The van der Waals surface area contributed by atoms with Crippen LogP contribution < -0.4 is 5.73 Å². The van der Waals surface area contributed by atoms with Crippen LogP contribution in [0, 0.1) is 10.1 Å². The Hall–Kier alpha value is -0.980. The monoisotopic (exact) mass is 288 g/mol. The van der Waals surface area contributed by atoms with Gasteiger partial charge in [-0.15, -0.1) is 0 Å². The van der Waals surface area contributed by atoms with Crippen molar-refractivity contribution in [3.05, 3.63) is 38.3 Å². The van der Waals surface area contributed by atoms with Crippen LogP contribution in [0.15, 0.2) is 22.7 Å². The summed E-state index contributed by atoms with van der Waals surface area (Å²) in [5, 5.41) is 10.7. The van der Waals surface area contributed by atoms with Crippen molar-refractivity contribution in [1.29, 1.82) is 0 Å². The SMILES string of the molecule is NCCCOCc1cccc([N+](=O)[O-])c1Br. The lowest BCUT2D eigenvalue weighted by atomic mass is 10.2. The average Bonchev–Trinajstić information content (AvgIpc) is 2.26. The van der Waals surface area contributed by atoms with Gasteiger partial charge in [0.15, 0.2) is 0 Å². The first-order valence-corrected chi connectivity index (χ1v) is 5.65. The molecule has 0 saturated carbocycles. The highest BCUT2D eigenvalue weighted by Crippen LogP contribution is 2.28. The number of hydrogen-bond donors (Lipinski definition) is 1. The van der Waals surface area contributed by atoms with Crippen molar-refractivity contribution >= 4 is 21.6 Å². The maximum atomic E-state index is 10.7. The molecular weight excluding hydrogens is 276 g/mol. The topological polar surface area (TPSA) is 78.4 Å². The second-order valence-corrected chi connectivity index (χ2v) is 4.00. The minimum Gasteiger partial charge on any atom is -0.377 e. The first kappa shape index (κ1) is 13.1. The fourth-order valence-electron chi connectivity index (χ4n) is 1.19. The minimum absolute atomic E-state index is 0.0555. The molecule has 1 aromatic rings. The molecule has 0 fully saturated rings. The van der Waals surface area contributed by atoms with E-state index in [1.165, 1.54) is 6.07 Å². The quantitative estimate of drug-likeness (QED) is 0.495. The number of nitro benzene ring substituents is 1. The summed E-state index contributed by atoms with van der Waals surface area (Å²) in [6.45, 7) is 1.49. The summed E-state index contributed by atoms with van der Waals surface area (Å²) in [6.07, 6.45) is 0.784. The van der Waals surface area contributed by atoms with Crippen molar-refractivity contribution in [2.45, 2.75) is 13.0 Å². The molecule has 2 N–H and O–H groups in total. The highest BCUT2D eigenvalue weighted by atomic mass is 79.9. The predicted molar refractivity (Wildman–Crippen MR) is 64.1 cm³/mol. The molecule has 1 rings (SSSR count). The van der Waals surface area contributed by atoms with Gasteiger partial charge in [0.1, 0.15) is 4.47 Å². The van der Waals surface area contributed by atoms with Gasteiger partial charge < -0.3 is 10.5 Å². The third-order valence-electron chi connectivity index (χ3n) is 2.01. The molecule has 0 heterocycles. The maximum Gasteiger partial charge on any atom is 0.283 e. The maximum absolute atomic E-state index is 10.7. The molecule has 0 atom stereocenters. The zero-order chi connectivity index (χ0) is 12.0. The van der Waals surface area contributed by atoms with Crippen molar-refractivity contribution in [1.82, 2.24) is 0 Å². The lowest BCUT2D eigenvalue weighted by molar-refractivity contribution is -0.385. The van der Waals surface area contributed by atoms with Crippen molar-refractivity contribution in [3.8, 4) is 0 Å². The summed E-state index contributed by atoms with van der Waals surface area (Å²) in [5.41, 5.74) is 6.15. The molecule has 0 saturated heterocycles. The molecule has 0 bridgehead atoms. The Balaban J connectivity index is 2.66. The molecule has 0 spiro atoms. The Bertz CT molecular complexity index is 371. The van der Waals surface area contributed by atoms with Gasteiger partial charge in [-0.1, -0.05) is 12.1 Å². The molecular formula is C10H13BrN2O3. The number of hydrogen-bond acceptors (Lipinski definition) is 4. The van der Waals surface area contributed by atoms with E-state index in [1.54, 1.807) is 12.1 Å². The largest absolute Gasteiger partial charge is 0.377 e. The zero-order valence-corrected chi connectivity index (χ0v) is 10.3. The smallest absolute Gasteiger partial charge is 0.283 e. The molecule has 0 aliphatic rings. The van der Waals surface area contributed by atoms with Crippen LogP contribution in [-0.2, 0) is 11.3 Å². The molecule has 1 aromatic carbocycles. The van der Waals surface area contributed by atoms with Gasteiger partial charge in [0.2, 0.25) is 0 Å². The van der Waals surface area contributed by atoms with E-state index >= 15 is 0 Å².